The van der Waals surface area contributed by atoms with Crippen LogP contribution in [0.1, 0.15) is 310 Å². The summed E-state index contributed by atoms with van der Waals surface area (Å²) in [5.74, 6) is -6.14. The Bertz CT molecular complexity index is 2100. The summed E-state index contributed by atoms with van der Waals surface area (Å²) in [5, 5.41) is 136. The minimum Gasteiger partial charge on any atom is -0.477 e. The van der Waals surface area contributed by atoms with Crippen LogP contribution in [0.5, 0.6) is 0 Å². The lowest BCUT2D eigenvalue weighted by atomic mass is 9.88. The first kappa shape index (κ1) is 91.4. The number of carboxylic acid groups (broad SMARTS) is 1. The van der Waals surface area contributed by atoms with Gasteiger partial charge in [0, 0.05) is 19.8 Å². The zero-order valence-electron chi connectivity index (χ0n) is 61.8. The molecule has 2 amide bonds. The molecule has 0 saturated carbocycles. The Kier molecular flexibility index (Phi) is 51.7. The highest BCUT2D eigenvalue weighted by molar-refractivity contribution is 5.77. The SMILES string of the molecule is CCCCCCCCCCCC/C=C\CCCCCCCCCC(=O)NC(COC1OC(CO)C(OC2OC(CO)C(O)C(OC3(C(=O)O)CC(O)C(NC(C)=O)C(C(O)C(O)CO)O3)C2O)C(O)C1O)C(O)/C=C/CCCCCCCCCCCCCCCCCCCCCCCCC. The van der Waals surface area contributed by atoms with Crippen LogP contribution < -0.4 is 10.6 Å². The van der Waals surface area contributed by atoms with Crippen molar-refractivity contribution in [3.63, 3.8) is 0 Å². The standard InChI is InChI=1S/C77H142N2O21/c1-4-6-8-10-12-14-16-18-20-22-24-26-27-28-29-31-32-34-36-38-40-42-44-46-48-50-59(84)58(79-64(87)51-49-47-45-43-41-39-37-35-33-30-25-23-21-19-17-15-13-11-9-7-5-2)56-95-74-69(91)68(90)71(63(55-82)97-74)98-75-70(92)73(67(89)62(54-81)96-75)100-77(76(93)94)52-60(85)65(78-57(3)83)72(99-77)66(88)61(86)53-80/h30,33,48,50,58-63,65-75,80-82,84-86,88-92H,4-29,31-32,34-47,49,51-56H2,1-3H3,(H,78,83)(H,79,87)(H,93,94)/b33-30-,50-48+. The number of amides is 2. The van der Waals surface area contributed by atoms with Gasteiger partial charge in [-0.2, -0.15) is 0 Å². The minimum atomic E-state index is -3.08. The van der Waals surface area contributed by atoms with Gasteiger partial charge in [-0.05, 0) is 44.9 Å². The van der Waals surface area contributed by atoms with Crippen molar-refractivity contribution in [3.05, 3.63) is 24.3 Å². The van der Waals surface area contributed by atoms with Gasteiger partial charge in [0.15, 0.2) is 12.6 Å². The van der Waals surface area contributed by atoms with Crippen LogP contribution in [0.2, 0.25) is 0 Å². The van der Waals surface area contributed by atoms with Gasteiger partial charge < -0.3 is 100 Å². The minimum absolute atomic E-state index is 0.196. The summed E-state index contributed by atoms with van der Waals surface area (Å²) in [7, 11) is 0. The molecule has 23 heteroatoms. The molecule has 0 spiro atoms. The zero-order valence-corrected chi connectivity index (χ0v) is 61.8. The topological polar surface area (TPSA) is 373 Å². The van der Waals surface area contributed by atoms with E-state index < -0.39 is 155 Å². The van der Waals surface area contributed by atoms with E-state index in [1.807, 2.05) is 6.08 Å². The van der Waals surface area contributed by atoms with Gasteiger partial charge in [-0.1, -0.05) is 269 Å². The van der Waals surface area contributed by atoms with E-state index in [1.54, 1.807) is 6.08 Å². The van der Waals surface area contributed by atoms with Crippen molar-refractivity contribution in [2.75, 3.05) is 26.4 Å². The number of ether oxygens (including phenoxy) is 6. The fraction of sp³-hybridized carbons (Fsp3) is 0.909. The van der Waals surface area contributed by atoms with Crippen molar-refractivity contribution >= 4 is 17.8 Å². The predicted molar refractivity (Wildman–Crippen MR) is 385 cm³/mol. The van der Waals surface area contributed by atoms with Gasteiger partial charge in [0.25, 0.3) is 5.79 Å². The van der Waals surface area contributed by atoms with E-state index in [-0.39, 0.29) is 12.3 Å². The molecule has 3 aliphatic heterocycles. The highest BCUT2D eigenvalue weighted by Gasteiger charge is 2.60. The van der Waals surface area contributed by atoms with Gasteiger partial charge in [-0.25, -0.2) is 4.79 Å². The van der Waals surface area contributed by atoms with Crippen LogP contribution in [-0.4, -0.2) is 215 Å². The van der Waals surface area contributed by atoms with Crippen molar-refractivity contribution < 1.29 is 104 Å². The highest BCUT2D eigenvalue weighted by atomic mass is 16.8. The van der Waals surface area contributed by atoms with E-state index in [4.69, 9.17) is 28.4 Å². The summed E-state index contributed by atoms with van der Waals surface area (Å²) >= 11 is 0. The first-order valence-electron chi connectivity index (χ1n) is 39.7. The lowest BCUT2D eigenvalue weighted by Gasteiger charge is -2.50. The molecule has 0 aromatic carbocycles. The summed E-state index contributed by atoms with van der Waals surface area (Å²) in [4.78, 5) is 38.7. The van der Waals surface area contributed by atoms with Gasteiger partial charge in [-0.3, -0.25) is 9.59 Å². The molecule has 0 aromatic heterocycles. The molecule has 0 radical (unpaired) electrons. The molecule has 3 saturated heterocycles. The van der Waals surface area contributed by atoms with E-state index >= 15 is 0 Å². The van der Waals surface area contributed by atoms with E-state index in [0.29, 0.717) is 12.8 Å². The monoisotopic (exact) mass is 1430 g/mol. The number of nitrogens with one attached hydrogen (secondary N) is 2. The molecule has 0 bridgehead atoms. The third kappa shape index (κ3) is 37.0. The van der Waals surface area contributed by atoms with Crippen LogP contribution >= 0.6 is 0 Å². The number of aliphatic hydroxyl groups excluding tert-OH is 11. The van der Waals surface area contributed by atoms with E-state index in [2.05, 4.69) is 36.6 Å². The number of hydrogen-bond donors (Lipinski definition) is 14. The Labute approximate surface area is 600 Å². The van der Waals surface area contributed by atoms with Crippen LogP contribution in [0.15, 0.2) is 24.3 Å². The molecule has 18 unspecified atom stereocenters. The molecule has 3 heterocycles. The van der Waals surface area contributed by atoms with Crippen molar-refractivity contribution in [1.82, 2.24) is 10.6 Å². The largest absolute Gasteiger partial charge is 0.477 e. The summed E-state index contributed by atoms with van der Waals surface area (Å²) in [6.07, 6.45) is 32.1. The normalized spacial score (nSPS) is 27.0. The molecule has 0 aliphatic carbocycles. The quantitative estimate of drug-likeness (QED) is 0.0199. The summed E-state index contributed by atoms with van der Waals surface area (Å²) in [5.41, 5.74) is 0. The van der Waals surface area contributed by atoms with Gasteiger partial charge in [0.05, 0.1) is 50.7 Å². The first-order chi connectivity index (χ1) is 48.4. The third-order valence-electron chi connectivity index (χ3n) is 20.1. The van der Waals surface area contributed by atoms with Crippen LogP contribution in [0, 0.1) is 0 Å². The summed E-state index contributed by atoms with van der Waals surface area (Å²) < 4.78 is 34.9. The molecule has 23 nitrogen and oxygen atoms in total. The van der Waals surface area contributed by atoms with Crippen molar-refractivity contribution in [2.45, 2.75) is 420 Å². The second-order valence-corrected chi connectivity index (χ2v) is 28.9. The van der Waals surface area contributed by atoms with E-state index in [9.17, 15) is 75.7 Å². The number of rotatable bonds is 62. The lowest BCUT2D eigenvalue weighted by Crippen LogP contribution is -2.70. The smallest absolute Gasteiger partial charge is 0.364 e. The van der Waals surface area contributed by atoms with Crippen molar-refractivity contribution in [1.29, 1.82) is 0 Å². The molecular weight excluding hydrogens is 1290 g/mol. The van der Waals surface area contributed by atoms with E-state index in [0.717, 1.165) is 77.6 Å². The number of carbonyl (C=O) groups is 3. The highest BCUT2D eigenvalue weighted by Crippen LogP contribution is 2.39. The molecule has 586 valence electrons. The average molecular weight is 1430 g/mol. The van der Waals surface area contributed by atoms with Crippen LogP contribution in [0.4, 0.5) is 0 Å². The maximum absolute atomic E-state index is 13.5. The molecule has 3 fully saturated rings. The fourth-order valence-electron chi connectivity index (χ4n) is 13.8. The number of allylic oxidation sites excluding steroid dienone is 3. The third-order valence-corrected chi connectivity index (χ3v) is 20.1. The summed E-state index contributed by atoms with van der Waals surface area (Å²) in [6.45, 7) is 2.18. The number of carboxylic acids is 1. The predicted octanol–water partition coefficient (Wildman–Crippen LogP) is 9.96. The maximum Gasteiger partial charge on any atom is 0.364 e. The molecule has 100 heavy (non-hydrogen) atoms. The van der Waals surface area contributed by atoms with Crippen LogP contribution in [0.3, 0.4) is 0 Å². The molecular formula is C77H142N2O21. The number of carbonyl (C=O) groups excluding carboxylic acids is 2. The molecule has 0 aromatic rings. The number of aliphatic hydroxyl groups is 11. The second kappa shape index (κ2) is 56.5. The number of hydrogen-bond acceptors (Lipinski definition) is 20. The zero-order chi connectivity index (χ0) is 73.2. The Morgan fingerprint density at radius 1 is 0.520 bits per heavy atom. The number of aliphatic carboxylic acids is 1. The summed E-state index contributed by atoms with van der Waals surface area (Å²) in [6, 6.07) is -2.62. The molecule has 14 N–H and O–H groups in total. The molecule has 3 rings (SSSR count). The van der Waals surface area contributed by atoms with Crippen LogP contribution in [0.25, 0.3) is 0 Å². The van der Waals surface area contributed by atoms with Crippen molar-refractivity contribution in [2.24, 2.45) is 0 Å². The van der Waals surface area contributed by atoms with Gasteiger partial charge >= 0.3 is 5.97 Å². The Hall–Kier alpha value is -2.79. The number of unbranched alkanes of at least 4 members (excludes halogenated alkanes) is 40. The van der Waals surface area contributed by atoms with Gasteiger partial charge in [0.1, 0.15) is 67.1 Å². The first-order valence-corrected chi connectivity index (χ1v) is 39.7. The second-order valence-electron chi connectivity index (χ2n) is 28.9. The Balaban J connectivity index is 1.54. The molecule has 18 atom stereocenters. The van der Waals surface area contributed by atoms with Gasteiger partial charge in [0.2, 0.25) is 11.8 Å². The van der Waals surface area contributed by atoms with Gasteiger partial charge in [-0.15, -0.1) is 0 Å². The van der Waals surface area contributed by atoms with Crippen LogP contribution in [-0.2, 0) is 42.8 Å². The lowest BCUT2D eigenvalue weighted by molar-refractivity contribution is -0.386. The Morgan fingerprint density at radius 3 is 1.36 bits per heavy atom. The fourth-order valence-corrected chi connectivity index (χ4v) is 13.8. The maximum atomic E-state index is 13.5. The van der Waals surface area contributed by atoms with E-state index in [1.165, 1.54) is 193 Å². The Morgan fingerprint density at radius 2 is 0.940 bits per heavy atom. The average Bonchev–Trinajstić information content (AvgIpc) is 0.756. The van der Waals surface area contributed by atoms with Crippen molar-refractivity contribution in [3.8, 4) is 0 Å². The molecule has 3 aliphatic rings.